The summed E-state index contributed by atoms with van der Waals surface area (Å²) in [6.45, 7) is 10.8. The predicted octanol–water partition coefficient (Wildman–Crippen LogP) is 1.65. The number of esters is 1. The first kappa shape index (κ1) is 17.9. The number of quaternary nitrogens is 1. The van der Waals surface area contributed by atoms with Crippen LogP contribution >= 0.6 is 11.3 Å². The van der Waals surface area contributed by atoms with Crippen LogP contribution in [0.2, 0.25) is 0 Å². The van der Waals surface area contributed by atoms with Crippen LogP contribution in [0.1, 0.15) is 41.1 Å². The number of carbonyl (C=O) groups is 2. The molecule has 0 saturated carbocycles. The first-order valence-corrected chi connectivity index (χ1v) is 8.95. The second kappa shape index (κ2) is 7.45. The van der Waals surface area contributed by atoms with E-state index in [1.54, 1.807) is 0 Å². The number of rotatable bonds is 4. The Labute approximate surface area is 142 Å². The lowest BCUT2D eigenvalue weighted by Crippen LogP contribution is -3.15. The van der Waals surface area contributed by atoms with E-state index in [2.05, 4.69) is 19.2 Å². The van der Waals surface area contributed by atoms with Crippen molar-refractivity contribution in [1.29, 1.82) is 0 Å². The maximum absolute atomic E-state index is 12.4. The maximum Gasteiger partial charge on any atom is 0.341 e. The number of anilines is 1. The normalized spacial score (nSPS) is 24.3. The number of nitrogens with one attached hydrogen (secondary N) is 2. The number of thiophene rings is 1. The standard InChI is InChI=1S/C17H26N2O3S/c1-10-6-11(2)8-19(7-10)9-14(20)18-16-15(17(21)22-5)12(3)13(4)23-16/h10-11H,6-9H2,1-5H3,(H,18,20)/p+1/t10-,11-/m1/s1. The second-order valence-corrected chi connectivity index (χ2v) is 8.03. The van der Waals surface area contributed by atoms with Gasteiger partial charge in [0.15, 0.2) is 6.54 Å². The third-order valence-electron chi connectivity index (χ3n) is 4.52. The van der Waals surface area contributed by atoms with Gasteiger partial charge in [0.1, 0.15) is 5.00 Å². The molecule has 1 amide bonds. The Bertz CT molecular complexity index is 587. The van der Waals surface area contributed by atoms with E-state index in [1.165, 1.54) is 29.8 Å². The smallest absolute Gasteiger partial charge is 0.341 e. The summed E-state index contributed by atoms with van der Waals surface area (Å²) in [5, 5.41) is 3.53. The van der Waals surface area contributed by atoms with Crippen LogP contribution in [-0.2, 0) is 9.53 Å². The Kier molecular flexibility index (Phi) is 5.81. The Morgan fingerprint density at radius 2 is 1.87 bits per heavy atom. The molecule has 0 radical (unpaired) electrons. The van der Waals surface area contributed by atoms with E-state index in [-0.39, 0.29) is 5.91 Å². The molecule has 2 atom stereocenters. The second-order valence-electron chi connectivity index (χ2n) is 6.81. The van der Waals surface area contributed by atoms with Gasteiger partial charge in [0.05, 0.1) is 25.8 Å². The Morgan fingerprint density at radius 3 is 2.43 bits per heavy atom. The van der Waals surface area contributed by atoms with E-state index in [0.717, 1.165) is 23.5 Å². The lowest BCUT2D eigenvalue weighted by atomic mass is 9.92. The van der Waals surface area contributed by atoms with Gasteiger partial charge in [0.25, 0.3) is 5.91 Å². The van der Waals surface area contributed by atoms with Gasteiger partial charge >= 0.3 is 5.97 Å². The van der Waals surface area contributed by atoms with Crippen LogP contribution < -0.4 is 10.2 Å². The fraction of sp³-hybridized carbons (Fsp3) is 0.647. The average Bonchev–Trinajstić information content (AvgIpc) is 2.71. The highest BCUT2D eigenvalue weighted by Crippen LogP contribution is 2.32. The van der Waals surface area contributed by atoms with Crippen molar-refractivity contribution in [3.05, 3.63) is 16.0 Å². The fourth-order valence-corrected chi connectivity index (χ4v) is 4.59. The summed E-state index contributed by atoms with van der Waals surface area (Å²) in [6, 6.07) is 0. The summed E-state index contributed by atoms with van der Waals surface area (Å²) >= 11 is 1.43. The van der Waals surface area contributed by atoms with Crippen molar-refractivity contribution >= 4 is 28.2 Å². The number of aryl methyl sites for hydroxylation is 1. The summed E-state index contributed by atoms with van der Waals surface area (Å²) in [6.07, 6.45) is 1.24. The first-order chi connectivity index (χ1) is 10.8. The van der Waals surface area contributed by atoms with Gasteiger partial charge in [-0.25, -0.2) is 4.79 Å². The summed E-state index contributed by atoms with van der Waals surface area (Å²) in [4.78, 5) is 26.7. The molecule has 23 heavy (non-hydrogen) atoms. The van der Waals surface area contributed by atoms with Crippen molar-refractivity contribution in [3.63, 3.8) is 0 Å². The molecule has 0 aromatic carbocycles. The van der Waals surface area contributed by atoms with Crippen molar-refractivity contribution in [2.45, 2.75) is 34.1 Å². The van der Waals surface area contributed by atoms with Crippen molar-refractivity contribution in [3.8, 4) is 0 Å². The molecule has 1 aliphatic rings. The van der Waals surface area contributed by atoms with E-state index in [9.17, 15) is 9.59 Å². The molecular weight excluding hydrogens is 312 g/mol. The van der Waals surface area contributed by atoms with Crippen LogP contribution in [0, 0.1) is 25.7 Å². The topological polar surface area (TPSA) is 59.8 Å². The van der Waals surface area contributed by atoms with Crippen molar-refractivity contribution < 1.29 is 19.2 Å². The molecular formula is C17H27N2O3S+. The first-order valence-electron chi connectivity index (χ1n) is 8.13. The van der Waals surface area contributed by atoms with Gasteiger partial charge < -0.3 is 15.0 Å². The maximum atomic E-state index is 12.4. The zero-order valence-corrected chi connectivity index (χ0v) is 15.4. The molecule has 0 bridgehead atoms. The molecule has 5 nitrogen and oxygen atoms in total. The minimum absolute atomic E-state index is 0.0345. The molecule has 0 aliphatic carbocycles. The Balaban J connectivity index is 2.06. The molecule has 6 heteroatoms. The molecule has 2 N–H and O–H groups in total. The average molecular weight is 339 g/mol. The van der Waals surface area contributed by atoms with Gasteiger partial charge in [-0.05, 0) is 25.8 Å². The van der Waals surface area contributed by atoms with Crippen molar-refractivity contribution in [2.24, 2.45) is 11.8 Å². The highest BCUT2D eigenvalue weighted by molar-refractivity contribution is 7.16. The predicted molar refractivity (Wildman–Crippen MR) is 92.3 cm³/mol. The van der Waals surface area contributed by atoms with E-state index < -0.39 is 5.97 Å². The highest BCUT2D eigenvalue weighted by Gasteiger charge is 2.28. The van der Waals surface area contributed by atoms with Crippen molar-refractivity contribution in [2.75, 3.05) is 32.1 Å². The molecule has 1 aromatic rings. The van der Waals surface area contributed by atoms with Crippen LogP contribution in [0.5, 0.6) is 0 Å². The summed E-state index contributed by atoms with van der Waals surface area (Å²) in [5.41, 5.74) is 1.36. The SMILES string of the molecule is COC(=O)c1c(NC(=O)C[NH+]2C[C@H](C)C[C@@H](C)C2)sc(C)c1C. The van der Waals surface area contributed by atoms with E-state index in [0.29, 0.717) is 28.9 Å². The monoisotopic (exact) mass is 339 g/mol. The molecule has 0 spiro atoms. The lowest BCUT2D eigenvalue weighted by Gasteiger charge is -2.31. The molecule has 1 saturated heterocycles. The molecule has 128 valence electrons. The molecule has 2 rings (SSSR count). The molecule has 1 aromatic heterocycles. The summed E-state index contributed by atoms with van der Waals surface area (Å²) < 4.78 is 4.84. The Morgan fingerprint density at radius 1 is 1.26 bits per heavy atom. The number of amides is 1. The van der Waals surface area contributed by atoms with Gasteiger partial charge in [0, 0.05) is 16.7 Å². The zero-order chi connectivity index (χ0) is 17.1. The minimum Gasteiger partial charge on any atom is -0.465 e. The number of likely N-dealkylation sites (tertiary alicyclic amines) is 1. The lowest BCUT2D eigenvalue weighted by molar-refractivity contribution is -0.904. The molecule has 2 heterocycles. The molecule has 0 unspecified atom stereocenters. The largest absolute Gasteiger partial charge is 0.465 e. The Hall–Kier alpha value is -1.40. The van der Waals surface area contributed by atoms with Gasteiger partial charge in [0.2, 0.25) is 0 Å². The molecule has 1 aliphatic heterocycles. The quantitative estimate of drug-likeness (QED) is 0.820. The number of ether oxygens (including phenoxy) is 1. The van der Waals surface area contributed by atoms with Gasteiger partial charge in [-0.1, -0.05) is 13.8 Å². The number of carbonyl (C=O) groups excluding carboxylic acids is 2. The minimum atomic E-state index is -0.394. The summed E-state index contributed by atoms with van der Waals surface area (Å²) in [5.74, 6) is 0.874. The van der Waals surface area contributed by atoms with Crippen LogP contribution in [-0.4, -0.2) is 38.6 Å². The van der Waals surface area contributed by atoms with Gasteiger partial charge in [-0.3, -0.25) is 4.79 Å². The number of piperidine rings is 1. The van der Waals surface area contributed by atoms with Crippen LogP contribution in [0.15, 0.2) is 0 Å². The van der Waals surface area contributed by atoms with Gasteiger partial charge in [-0.15, -0.1) is 11.3 Å². The van der Waals surface area contributed by atoms with Crippen LogP contribution in [0.3, 0.4) is 0 Å². The number of hydrogen-bond donors (Lipinski definition) is 2. The van der Waals surface area contributed by atoms with E-state index in [4.69, 9.17) is 4.74 Å². The third kappa shape index (κ3) is 4.32. The van der Waals surface area contributed by atoms with Crippen LogP contribution in [0.25, 0.3) is 0 Å². The third-order valence-corrected chi connectivity index (χ3v) is 5.64. The van der Waals surface area contributed by atoms with E-state index in [1.807, 2.05) is 13.8 Å². The number of methoxy groups -OCH3 is 1. The molecule has 1 fully saturated rings. The van der Waals surface area contributed by atoms with Gasteiger partial charge in [-0.2, -0.15) is 0 Å². The number of hydrogen-bond acceptors (Lipinski definition) is 4. The zero-order valence-electron chi connectivity index (χ0n) is 14.6. The van der Waals surface area contributed by atoms with Crippen molar-refractivity contribution in [1.82, 2.24) is 0 Å². The van der Waals surface area contributed by atoms with Crippen LogP contribution in [0.4, 0.5) is 5.00 Å². The van der Waals surface area contributed by atoms with E-state index >= 15 is 0 Å². The fourth-order valence-electron chi connectivity index (χ4n) is 3.53. The summed E-state index contributed by atoms with van der Waals surface area (Å²) in [7, 11) is 1.36. The highest BCUT2D eigenvalue weighted by atomic mass is 32.1.